The van der Waals surface area contributed by atoms with E-state index in [1.165, 1.54) is 6.07 Å². The Labute approximate surface area is 109 Å². The second kappa shape index (κ2) is 4.94. The molecule has 1 heterocycles. The molecule has 3 nitrogen and oxygen atoms in total. The van der Waals surface area contributed by atoms with Gasteiger partial charge in [0.25, 0.3) is 0 Å². The van der Waals surface area contributed by atoms with Crippen LogP contribution in [0.4, 0.5) is 4.39 Å². The molecule has 0 radical (unpaired) electrons. The Morgan fingerprint density at radius 1 is 0.789 bits per heavy atom. The summed E-state index contributed by atoms with van der Waals surface area (Å²) < 4.78 is 13.6. The molecule has 0 atom stereocenters. The van der Waals surface area contributed by atoms with Gasteiger partial charge in [-0.2, -0.15) is 0 Å². The molecule has 1 aromatic heterocycles. The van der Waals surface area contributed by atoms with Gasteiger partial charge in [0.15, 0.2) is 5.82 Å². The van der Waals surface area contributed by atoms with Gasteiger partial charge in [0.05, 0.1) is 11.8 Å². The van der Waals surface area contributed by atoms with E-state index in [9.17, 15) is 4.39 Å². The van der Waals surface area contributed by atoms with Crippen molar-refractivity contribution in [3.8, 4) is 22.6 Å². The summed E-state index contributed by atoms with van der Waals surface area (Å²) in [5.41, 5.74) is 1.96. The summed E-state index contributed by atoms with van der Waals surface area (Å²) in [6, 6.07) is 16.0. The summed E-state index contributed by atoms with van der Waals surface area (Å²) in [6.45, 7) is 0. The van der Waals surface area contributed by atoms with E-state index >= 15 is 0 Å². The van der Waals surface area contributed by atoms with Gasteiger partial charge >= 0.3 is 0 Å². The van der Waals surface area contributed by atoms with E-state index in [0.717, 1.165) is 5.56 Å². The first kappa shape index (κ1) is 11.5. The third-order valence-electron chi connectivity index (χ3n) is 2.75. The van der Waals surface area contributed by atoms with Crippen molar-refractivity contribution in [3.05, 3.63) is 66.6 Å². The van der Waals surface area contributed by atoms with Crippen molar-refractivity contribution >= 4 is 0 Å². The average molecular weight is 251 g/mol. The number of rotatable bonds is 2. The lowest BCUT2D eigenvalue weighted by atomic mass is 10.1. The molecule has 0 saturated heterocycles. The smallest absolute Gasteiger partial charge is 0.184 e. The highest BCUT2D eigenvalue weighted by Crippen LogP contribution is 2.19. The van der Waals surface area contributed by atoms with E-state index in [1.807, 2.05) is 30.3 Å². The Morgan fingerprint density at radius 3 is 2.21 bits per heavy atom. The lowest BCUT2D eigenvalue weighted by molar-refractivity contribution is 0.629. The molecular weight excluding hydrogens is 241 g/mol. The maximum Gasteiger partial charge on any atom is 0.184 e. The third-order valence-corrected chi connectivity index (χ3v) is 2.75. The number of hydrogen-bond donors (Lipinski definition) is 0. The summed E-state index contributed by atoms with van der Waals surface area (Å²) in [5, 5.41) is 8.07. The van der Waals surface area contributed by atoms with E-state index in [4.69, 9.17) is 0 Å². The first-order chi connectivity index (χ1) is 9.34. The molecular formula is C15H10FN3. The second-order valence-corrected chi connectivity index (χ2v) is 4.01. The van der Waals surface area contributed by atoms with Crippen LogP contribution in [0.2, 0.25) is 0 Å². The monoisotopic (exact) mass is 251 g/mol. The topological polar surface area (TPSA) is 38.7 Å². The summed E-state index contributed by atoms with van der Waals surface area (Å²) in [4.78, 5) is 4.17. The van der Waals surface area contributed by atoms with Crippen LogP contribution in [-0.4, -0.2) is 15.2 Å². The van der Waals surface area contributed by atoms with Crippen LogP contribution in [0.3, 0.4) is 0 Å². The standard InChI is InChI=1S/C15H10FN3/c16-13-9-5-4-8-12(13)15-17-10-14(18-19-15)11-6-2-1-3-7-11/h1-10H. The number of benzene rings is 2. The molecule has 0 saturated carbocycles. The Balaban J connectivity index is 1.98. The number of hydrogen-bond acceptors (Lipinski definition) is 3. The molecule has 3 rings (SSSR count). The minimum absolute atomic E-state index is 0.290. The van der Waals surface area contributed by atoms with Crippen molar-refractivity contribution in [1.29, 1.82) is 0 Å². The molecule has 4 heteroatoms. The maximum absolute atomic E-state index is 13.6. The van der Waals surface area contributed by atoms with Gasteiger partial charge in [-0.3, -0.25) is 0 Å². The molecule has 0 N–H and O–H groups in total. The predicted molar refractivity (Wildman–Crippen MR) is 70.7 cm³/mol. The molecule has 92 valence electrons. The third kappa shape index (κ3) is 2.33. The van der Waals surface area contributed by atoms with Gasteiger partial charge in [-0.1, -0.05) is 42.5 Å². The minimum Gasteiger partial charge on any atom is -0.233 e. The van der Waals surface area contributed by atoms with Crippen molar-refractivity contribution in [2.75, 3.05) is 0 Å². The van der Waals surface area contributed by atoms with Crippen LogP contribution in [0.25, 0.3) is 22.6 Å². The minimum atomic E-state index is -0.350. The molecule has 0 bridgehead atoms. The predicted octanol–water partition coefficient (Wildman–Crippen LogP) is 3.34. The summed E-state index contributed by atoms with van der Waals surface area (Å²) >= 11 is 0. The highest BCUT2D eigenvalue weighted by atomic mass is 19.1. The van der Waals surface area contributed by atoms with Crippen LogP contribution >= 0.6 is 0 Å². The quantitative estimate of drug-likeness (QED) is 0.701. The zero-order valence-electron chi connectivity index (χ0n) is 9.99. The van der Waals surface area contributed by atoms with Gasteiger partial charge in [0.2, 0.25) is 0 Å². The van der Waals surface area contributed by atoms with Crippen LogP contribution in [-0.2, 0) is 0 Å². The molecule has 2 aromatic carbocycles. The lowest BCUT2D eigenvalue weighted by Gasteiger charge is -2.02. The van der Waals surface area contributed by atoms with E-state index in [1.54, 1.807) is 24.4 Å². The fraction of sp³-hybridized carbons (Fsp3) is 0. The summed E-state index contributed by atoms with van der Waals surface area (Å²) in [5.74, 6) is -0.0606. The Kier molecular flexibility index (Phi) is 2.98. The zero-order valence-corrected chi connectivity index (χ0v) is 9.99. The fourth-order valence-electron chi connectivity index (χ4n) is 1.78. The molecule has 0 spiro atoms. The first-order valence-corrected chi connectivity index (χ1v) is 5.84. The normalized spacial score (nSPS) is 10.4. The van der Waals surface area contributed by atoms with Crippen molar-refractivity contribution in [2.24, 2.45) is 0 Å². The van der Waals surface area contributed by atoms with Crippen LogP contribution in [0.1, 0.15) is 0 Å². The Hall–Kier alpha value is -2.62. The molecule has 19 heavy (non-hydrogen) atoms. The van der Waals surface area contributed by atoms with Crippen LogP contribution < -0.4 is 0 Å². The van der Waals surface area contributed by atoms with E-state index < -0.39 is 0 Å². The summed E-state index contributed by atoms with van der Waals surface area (Å²) in [7, 11) is 0. The fourth-order valence-corrected chi connectivity index (χ4v) is 1.78. The Morgan fingerprint density at radius 2 is 1.53 bits per heavy atom. The zero-order chi connectivity index (χ0) is 13.1. The Bertz CT molecular complexity index is 681. The lowest BCUT2D eigenvalue weighted by Crippen LogP contribution is -1.96. The average Bonchev–Trinajstić information content (AvgIpc) is 2.49. The van der Waals surface area contributed by atoms with Crippen LogP contribution in [0.15, 0.2) is 60.8 Å². The SMILES string of the molecule is Fc1ccccc1-c1ncc(-c2ccccc2)nn1. The molecule has 0 aliphatic carbocycles. The van der Waals surface area contributed by atoms with Crippen molar-refractivity contribution < 1.29 is 4.39 Å². The van der Waals surface area contributed by atoms with E-state index in [-0.39, 0.29) is 11.6 Å². The molecule has 0 aliphatic rings. The second-order valence-electron chi connectivity index (χ2n) is 4.01. The van der Waals surface area contributed by atoms with Crippen molar-refractivity contribution in [3.63, 3.8) is 0 Å². The molecule has 0 unspecified atom stereocenters. The largest absolute Gasteiger partial charge is 0.233 e. The van der Waals surface area contributed by atoms with Crippen molar-refractivity contribution in [1.82, 2.24) is 15.2 Å². The highest BCUT2D eigenvalue weighted by Gasteiger charge is 2.08. The number of nitrogens with zero attached hydrogens (tertiary/aromatic N) is 3. The molecule has 0 fully saturated rings. The first-order valence-electron chi connectivity index (χ1n) is 5.84. The van der Waals surface area contributed by atoms with Gasteiger partial charge in [0.1, 0.15) is 11.5 Å². The number of aromatic nitrogens is 3. The highest BCUT2D eigenvalue weighted by molar-refractivity contribution is 5.60. The van der Waals surface area contributed by atoms with Gasteiger partial charge in [-0.15, -0.1) is 10.2 Å². The number of halogens is 1. The van der Waals surface area contributed by atoms with Gasteiger partial charge in [-0.05, 0) is 12.1 Å². The molecule has 0 amide bonds. The van der Waals surface area contributed by atoms with E-state index in [2.05, 4.69) is 15.2 Å². The van der Waals surface area contributed by atoms with Gasteiger partial charge < -0.3 is 0 Å². The van der Waals surface area contributed by atoms with Crippen molar-refractivity contribution in [2.45, 2.75) is 0 Å². The van der Waals surface area contributed by atoms with Crippen LogP contribution in [0, 0.1) is 5.82 Å². The molecule has 0 aliphatic heterocycles. The maximum atomic E-state index is 13.6. The van der Waals surface area contributed by atoms with Gasteiger partial charge in [0, 0.05) is 5.56 Å². The molecule has 3 aromatic rings. The summed E-state index contributed by atoms with van der Waals surface area (Å²) in [6.07, 6.45) is 1.60. The van der Waals surface area contributed by atoms with E-state index in [0.29, 0.717) is 11.3 Å². The van der Waals surface area contributed by atoms with Crippen LogP contribution in [0.5, 0.6) is 0 Å². The van der Waals surface area contributed by atoms with Gasteiger partial charge in [-0.25, -0.2) is 9.37 Å².